The smallest absolute Gasteiger partial charge is 0.407 e. The van der Waals surface area contributed by atoms with E-state index in [4.69, 9.17) is 5.11 Å². The molecular formula is C33H40N2O7S. The molecule has 43 heavy (non-hydrogen) atoms. The zero-order chi connectivity index (χ0) is 30.8. The minimum atomic E-state index is -3.84. The van der Waals surface area contributed by atoms with Crippen molar-refractivity contribution in [2.45, 2.75) is 57.0 Å². The van der Waals surface area contributed by atoms with Gasteiger partial charge in [0, 0.05) is 18.7 Å². The van der Waals surface area contributed by atoms with Gasteiger partial charge in [0.25, 0.3) is 5.91 Å². The second-order valence-electron chi connectivity index (χ2n) is 11.1. The summed E-state index contributed by atoms with van der Waals surface area (Å²) in [6, 6.07) is 22.5. The van der Waals surface area contributed by atoms with E-state index in [1.165, 1.54) is 4.90 Å². The van der Waals surface area contributed by atoms with Crippen LogP contribution in [0.4, 0.5) is 4.79 Å². The fraction of sp³-hybridized carbons (Fsp3) is 0.394. The fourth-order valence-corrected chi connectivity index (χ4v) is 6.62. The first kappa shape index (κ1) is 32.2. The van der Waals surface area contributed by atoms with Gasteiger partial charge in [0.1, 0.15) is 0 Å². The number of aliphatic hydroxyl groups excluding tert-OH is 2. The lowest BCUT2D eigenvalue weighted by atomic mass is 9.89. The minimum Gasteiger partial charge on any atom is -0.465 e. The van der Waals surface area contributed by atoms with Crippen LogP contribution < -0.4 is 4.72 Å². The molecular weight excluding hydrogens is 568 g/mol. The van der Waals surface area contributed by atoms with Gasteiger partial charge in [-0.3, -0.25) is 4.79 Å². The van der Waals surface area contributed by atoms with Crippen molar-refractivity contribution in [2.75, 3.05) is 25.4 Å². The Labute approximate surface area is 253 Å². The second-order valence-corrected chi connectivity index (χ2v) is 12.9. The van der Waals surface area contributed by atoms with Crippen LogP contribution in [0.15, 0.2) is 72.8 Å². The molecule has 2 amide bonds. The monoisotopic (exact) mass is 608 g/mol. The van der Waals surface area contributed by atoms with Crippen LogP contribution in [0.25, 0.3) is 11.1 Å². The zero-order valence-corrected chi connectivity index (χ0v) is 25.0. The number of hydrogen-bond acceptors (Lipinski definition) is 6. The SMILES string of the molecule is O=C(NS(=O)(=O)CCCO)c1ccc(-c2ccc(CCCN(C[C@@H](O)c3ccccc3)C(=O)O)cc2)cc1C1CCCC1. The van der Waals surface area contributed by atoms with E-state index >= 15 is 0 Å². The molecule has 0 radical (unpaired) electrons. The summed E-state index contributed by atoms with van der Waals surface area (Å²) in [6.45, 7) is 0.0325. The molecule has 4 rings (SSSR count). The Kier molecular flexibility index (Phi) is 11.3. The van der Waals surface area contributed by atoms with Crippen molar-refractivity contribution in [1.82, 2.24) is 9.62 Å². The fourth-order valence-electron chi connectivity index (χ4n) is 5.62. The van der Waals surface area contributed by atoms with Gasteiger partial charge >= 0.3 is 6.09 Å². The zero-order valence-electron chi connectivity index (χ0n) is 24.2. The van der Waals surface area contributed by atoms with Crippen LogP contribution in [-0.4, -0.2) is 66.1 Å². The molecule has 3 aromatic rings. The van der Waals surface area contributed by atoms with Crippen molar-refractivity contribution in [1.29, 1.82) is 0 Å². The van der Waals surface area contributed by atoms with E-state index in [0.717, 1.165) is 47.9 Å². The molecule has 1 aliphatic rings. The van der Waals surface area contributed by atoms with Gasteiger partial charge in [0.05, 0.1) is 18.4 Å². The van der Waals surface area contributed by atoms with Crippen molar-refractivity contribution in [3.05, 3.63) is 95.1 Å². The van der Waals surface area contributed by atoms with E-state index in [-0.39, 0.29) is 31.2 Å². The van der Waals surface area contributed by atoms with Crippen molar-refractivity contribution < 1.29 is 33.3 Å². The van der Waals surface area contributed by atoms with Crippen LogP contribution >= 0.6 is 0 Å². The van der Waals surface area contributed by atoms with Gasteiger partial charge in [0.15, 0.2) is 0 Å². The first-order chi connectivity index (χ1) is 20.7. The summed E-state index contributed by atoms with van der Waals surface area (Å²) in [6.07, 6.45) is 3.37. The van der Waals surface area contributed by atoms with Crippen molar-refractivity contribution >= 4 is 22.0 Å². The maximum atomic E-state index is 13.0. The third-order valence-electron chi connectivity index (χ3n) is 7.94. The second kappa shape index (κ2) is 15.1. The van der Waals surface area contributed by atoms with Crippen LogP contribution in [0, 0.1) is 0 Å². The summed E-state index contributed by atoms with van der Waals surface area (Å²) >= 11 is 0. The first-order valence-electron chi connectivity index (χ1n) is 14.8. The molecule has 0 aromatic heterocycles. The Bertz CT molecular complexity index is 1470. The number of nitrogens with zero attached hydrogens (tertiary/aromatic N) is 1. The molecule has 9 nitrogen and oxygen atoms in total. The maximum Gasteiger partial charge on any atom is 0.407 e. The van der Waals surface area contributed by atoms with Gasteiger partial charge in [-0.15, -0.1) is 0 Å². The molecule has 0 aliphatic heterocycles. The quantitative estimate of drug-likeness (QED) is 0.199. The van der Waals surface area contributed by atoms with Gasteiger partial charge in [-0.2, -0.15) is 0 Å². The number of sulfonamides is 1. The van der Waals surface area contributed by atoms with Gasteiger partial charge in [-0.25, -0.2) is 17.9 Å². The number of hydrogen-bond donors (Lipinski definition) is 4. The Morgan fingerprint density at radius 3 is 2.26 bits per heavy atom. The molecule has 4 N–H and O–H groups in total. The molecule has 10 heteroatoms. The van der Waals surface area contributed by atoms with Gasteiger partial charge in [-0.1, -0.05) is 79.6 Å². The summed E-state index contributed by atoms with van der Waals surface area (Å²) in [5.41, 5.74) is 4.83. The van der Waals surface area contributed by atoms with Crippen LogP contribution in [0.5, 0.6) is 0 Å². The predicted molar refractivity (Wildman–Crippen MR) is 165 cm³/mol. The average Bonchev–Trinajstić information content (AvgIpc) is 3.55. The molecule has 0 saturated heterocycles. The van der Waals surface area contributed by atoms with Crippen molar-refractivity contribution in [2.24, 2.45) is 0 Å². The highest BCUT2D eigenvalue weighted by atomic mass is 32.2. The predicted octanol–water partition coefficient (Wildman–Crippen LogP) is 5.10. The number of carboxylic acid groups (broad SMARTS) is 1. The minimum absolute atomic E-state index is 0.00419. The molecule has 0 heterocycles. The lowest BCUT2D eigenvalue weighted by molar-refractivity contribution is 0.0962. The molecule has 0 bridgehead atoms. The molecule has 230 valence electrons. The number of aliphatic hydroxyl groups is 2. The molecule has 1 aliphatic carbocycles. The number of benzene rings is 3. The molecule has 3 aromatic carbocycles. The van der Waals surface area contributed by atoms with E-state index in [1.807, 2.05) is 54.6 Å². The Morgan fingerprint density at radius 2 is 1.60 bits per heavy atom. The lowest BCUT2D eigenvalue weighted by Crippen LogP contribution is -2.34. The first-order valence-corrected chi connectivity index (χ1v) is 16.4. The Balaban J connectivity index is 1.41. The van der Waals surface area contributed by atoms with Crippen LogP contribution in [-0.2, 0) is 16.4 Å². The molecule has 1 fully saturated rings. The summed E-state index contributed by atoms with van der Waals surface area (Å²) in [5.74, 6) is -0.784. The van der Waals surface area contributed by atoms with Crippen molar-refractivity contribution in [3.63, 3.8) is 0 Å². The summed E-state index contributed by atoms with van der Waals surface area (Å²) in [4.78, 5) is 26.0. The van der Waals surface area contributed by atoms with Gasteiger partial charge < -0.3 is 20.2 Å². The van der Waals surface area contributed by atoms with Crippen molar-refractivity contribution in [3.8, 4) is 11.1 Å². The highest BCUT2D eigenvalue weighted by molar-refractivity contribution is 7.90. The number of carbonyl (C=O) groups is 2. The average molecular weight is 609 g/mol. The third kappa shape index (κ3) is 9.13. The largest absolute Gasteiger partial charge is 0.465 e. The van der Waals surface area contributed by atoms with E-state index in [1.54, 1.807) is 18.2 Å². The highest BCUT2D eigenvalue weighted by Crippen LogP contribution is 2.38. The Morgan fingerprint density at radius 1 is 0.930 bits per heavy atom. The number of carbonyl (C=O) groups excluding carboxylic acids is 1. The summed E-state index contributed by atoms with van der Waals surface area (Å²) < 4.78 is 26.7. The lowest BCUT2D eigenvalue weighted by Gasteiger charge is -2.22. The standard InChI is InChI=1S/C33H40N2O7S/c36-20-7-21-43(41,42)34-32(38)29-18-17-28(22-30(29)26-9-4-5-10-26)25-15-13-24(14-16-25)8-6-19-35(33(39)40)23-31(37)27-11-2-1-3-12-27/h1-3,11-18,22,26,31,36-37H,4-10,19-21,23H2,(H,34,38)(H,39,40)/t31-/m1/s1. The van der Waals surface area contributed by atoms with Crippen LogP contribution in [0.3, 0.4) is 0 Å². The van der Waals surface area contributed by atoms with E-state index in [0.29, 0.717) is 30.5 Å². The number of amides is 2. The van der Waals surface area contributed by atoms with Gasteiger partial charge in [0.2, 0.25) is 10.0 Å². The highest BCUT2D eigenvalue weighted by Gasteiger charge is 2.25. The van der Waals surface area contributed by atoms with Gasteiger partial charge in [-0.05, 0) is 71.9 Å². The van der Waals surface area contributed by atoms with Crippen LogP contribution in [0.1, 0.15) is 77.6 Å². The molecule has 0 spiro atoms. The Hall–Kier alpha value is -3.73. The number of aryl methyl sites for hydroxylation is 1. The topological polar surface area (TPSA) is 144 Å². The van der Waals surface area contributed by atoms with E-state index < -0.39 is 28.1 Å². The molecule has 0 unspecified atom stereocenters. The normalized spacial score (nSPS) is 14.4. The summed E-state index contributed by atoms with van der Waals surface area (Å²) in [5, 5.41) is 29.0. The van der Waals surface area contributed by atoms with E-state index in [2.05, 4.69) is 4.72 Å². The number of nitrogens with one attached hydrogen (secondary N) is 1. The third-order valence-corrected chi connectivity index (χ3v) is 9.26. The summed E-state index contributed by atoms with van der Waals surface area (Å²) in [7, 11) is -3.84. The number of rotatable bonds is 14. The molecule has 1 atom stereocenters. The molecule has 1 saturated carbocycles. The van der Waals surface area contributed by atoms with Crippen LogP contribution in [0.2, 0.25) is 0 Å². The van der Waals surface area contributed by atoms with E-state index in [9.17, 15) is 28.2 Å². The maximum absolute atomic E-state index is 13.0.